The van der Waals surface area contributed by atoms with Gasteiger partial charge in [-0.1, -0.05) is 77.9 Å². The van der Waals surface area contributed by atoms with Gasteiger partial charge in [-0.05, 0) is 66.4 Å². The Morgan fingerprint density at radius 3 is 1.41 bits per heavy atom. The molecule has 1 heteroatoms. The number of rotatable bonds is 4. The van der Waals surface area contributed by atoms with Gasteiger partial charge in [0.2, 0.25) is 0 Å². The zero-order valence-corrected chi connectivity index (χ0v) is 15.6. The molecule has 0 spiro atoms. The van der Waals surface area contributed by atoms with Crippen molar-refractivity contribution in [3.8, 4) is 33.8 Å². The highest BCUT2D eigenvalue weighted by Crippen LogP contribution is 2.33. The maximum atomic E-state index is 6.15. The van der Waals surface area contributed by atoms with E-state index in [2.05, 4.69) is 80.6 Å². The zero-order valence-electron chi connectivity index (χ0n) is 15.6. The standard InChI is InChI=1S/C26H22O/c1-19-8-12-21(13-9-19)23-16-24(22-14-10-20(2)11-15-22)18-26(17-23)27-25-6-4-3-5-7-25/h3-18H,1-2H3. The van der Waals surface area contributed by atoms with Gasteiger partial charge >= 0.3 is 0 Å². The van der Waals surface area contributed by atoms with Crippen molar-refractivity contribution in [3.63, 3.8) is 0 Å². The van der Waals surface area contributed by atoms with Crippen LogP contribution in [0.15, 0.2) is 97.1 Å². The molecule has 4 aromatic rings. The van der Waals surface area contributed by atoms with Crippen molar-refractivity contribution in [2.75, 3.05) is 0 Å². The first-order chi connectivity index (χ1) is 13.2. The van der Waals surface area contributed by atoms with Gasteiger partial charge in [-0.3, -0.25) is 0 Å². The van der Waals surface area contributed by atoms with Crippen molar-refractivity contribution in [2.24, 2.45) is 0 Å². The molecular weight excluding hydrogens is 328 g/mol. The first-order valence-electron chi connectivity index (χ1n) is 9.19. The Bertz CT molecular complexity index is 966. The molecule has 0 aromatic heterocycles. The summed E-state index contributed by atoms with van der Waals surface area (Å²) < 4.78 is 6.15. The quantitative estimate of drug-likeness (QED) is 0.372. The van der Waals surface area contributed by atoms with Crippen molar-refractivity contribution in [1.82, 2.24) is 0 Å². The molecule has 0 radical (unpaired) electrons. The number of benzene rings is 4. The second-order valence-electron chi connectivity index (χ2n) is 6.89. The lowest BCUT2D eigenvalue weighted by molar-refractivity contribution is 0.483. The van der Waals surface area contributed by atoms with E-state index < -0.39 is 0 Å². The molecule has 4 aromatic carbocycles. The van der Waals surface area contributed by atoms with Gasteiger partial charge < -0.3 is 4.74 Å². The van der Waals surface area contributed by atoms with Crippen LogP contribution in [0.4, 0.5) is 0 Å². The van der Waals surface area contributed by atoms with Crippen molar-refractivity contribution < 1.29 is 4.74 Å². The summed E-state index contributed by atoms with van der Waals surface area (Å²) in [4.78, 5) is 0. The largest absolute Gasteiger partial charge is 0.457 e. The van der Waals surface area contributed by atoms with E-state index in [4.69, 9.17) is 4.74 Å². The van der Waals surface area contributed by atoms with E-state index in [1.165, 1.54) is 22.3 Å². The van der Waals surface area contributed by atoms with E-state index in [0.29, 0.717) is 0 Å². The summed E-state index contributed by atoms with van der Waals surface area (Å²) in [5.41, 5.74) is 7.20. The molecule has 0 aliphatic rings. The Morgan fingerprint density at radius 2 is 0.926 bits per heavy atom. The summed E-state index contributed by atoms with van der Waals surface area (Å²) in [6, 6.07) is 33.6. The number of para-hydroxylation sites is 1. The minimum Gasteiger partial charge on any atom is -0.457 e. The zero-order chi connectivity index (χ0) is 18.6. The fraction of sp³-hybridized carbons (Fsp3) is 0.0769. The van der Waals surface area contributed by atoms with Crippen LogP contribution in [0.3, 0.4) is 0 Å². The summed E-state index contributed by atoms with van der Waals surface area (Å²) >= 11 is 0. The van der Waals surface area contributed by atoms with Crippen LogP contribution >= 0.6 is 0 Å². The lowest BCUT2D eigenvalue weighted by atomic mass is 9.97. The third kappa shape index (κ3) is 4.09. The molecule has 0 aliphatic heterocycles. The minimum atomic E-state index is 0.841. The summed E-state index contributed by atoms with van der Waals surface area (Å²) in [6.07, 6.45) is 0. The van der Waals surface area contributed by atoms with Gasteiger partial charge in [-0.15, -0.1) is 0 Å². The highest BCUT2D eigenvalue weighted by molar-refractivity contribution is 5.75. The van der Waals surface area contributed by atoms with Gasteiger partial charge in [0, 0.05) is 0 Å². The molecule has 27 heavy (non-hydrogen) atoms. The summed E-state index contributed by atoms with van der Waals surface area (Å²) in [5.74, 6) is 1.68. The van der Waals surface area contributed by atoms with Crippen LogP contribution in [0.1, 0.15) is 11.1 Å². The molecule has 0 fully saturated rings. The lowest BCUT2D eigenvalue weighted by Gasteiger charge is -2.12. The SMILES string of the molecule is Cc1ccc(-c2cc(Oc3ccccc3)cc(-c3ccc(C)cc3)c2)cc1. The predicted molar refractivity (Wildman–Crippen MR) is 113 cm³/mol. The highest BCUT2D eigenvalue weighted by Gasteiger charge is 2.07. The molecule has 0 aliphatic carbocycles. The maximum absolute atomic E-state index is 6.15. The average Bonchev–Trinajstić information content (AvgIpc) is 2.70. The second kappa shape index (κ2) is 7.51. The van der Waals surface area contributed by atoms with E-state index in [-0.39, 0.29) is 0 Å². The van der Waals surface area contributed by atoms with Crippen molar-refractivity contribution in [1.29, 1.82) is 0 Å². The summed E-state index contributed by atoms with van der Waals surface area (Å²) in [6.45, 7) is 4.22. The van der Waals surface area contributed by atoms with Crippen molar-refractivity contribution in [2.45, 2.75) is 13.8 Å². The molecule has 132 valence electrons. The molecule has 0 unspecified atom stereocenters. The molecule has 0 bridgehead atoms. The van der Waals surface area contributed by atoms with Crippen LogP contribution < -0.4 is 4.74 Å². The maximum Gasteiger partial charge on any atom is 0.128 e. The topological polar surface area (TPSA) is 9.23 Å². The van der Waals surface area contributed by atoms with Crippen LogP contribution in [0.5, 0.6) is 11.5 Å². The van der Waals surface area contributed by atoms with Crippen LogP contribution in [-0.2, 0) is 0 Å². The van der Waals surface area contributed by atoms with Gasteiger partial charge in [-0.2, -0.15) is 0 Å². The monoisotopic (exact) mass is 350 g/mol. The van der Waals surface area contributed by atoms with E-state index in [1.54, 1.807) is 0 Å². The Kier molecular flexibility index (Phi) is 4.76. The molecule has 0 saturated carbocycles. The average molecular weight is 350 g/mol. The molecule has 0 saturated heterocycles. The summed E-state index contributed by atoms with van der Waals surface area (Å²) in [7, 11) is 0. The molecule has 1 nitrogen and oxygen atoms in total. The van der Waals surface area contributed by atoms with Gasteiger partial charge in [0.1, 0.15) is 11.5 Å². The van der Waals surface area contributed by atoms with Gasteiger partial charge in [-0.25, -0.2) is 0 Å². The second-order valence-corrected chi connectivity index (χ2v) is 6.89. The third-order valence-electron chi connectivity index (χ3n) is 4.66. The van der Waals surface area contributed by atoms with Gasteiger partial charge in [0.25, 0.3) is 0 Å². The first-order valence-corrected chi connectivity index (χ1v) is 9.19. The molecule has 4 rings (SSSR count). The van der Waals surface area contributed by atoms with Crippen LogP contribution in [-0.4, -0.2) is 0 Å². The van der Waals surface area contributed by atoms with Gasteiger partial charge in [0.05, 0.1) is 0 Å². The number of hydrogen-bond acceptors (Lipinski definition) is 1. The minimum absolute atomic E-state index is 0.841. The first kappa shape index (κ1) is 17.1. The van der Waals surface area contributed by atoms with Gasteiger partial charge in [0.15, 0.2) is 0 Å². The normalized spacial score (nSPS) is 10.6. The van der Waals surface area contributed by atoms with Crippen LogP contribution in [0.25, 0.3) is 22.3 Å². The fourth-order valence-corrected chi connectivity index (χ4v) is 3.11. The number of aryl methyl sites for hydroxylation is 2. The van der Waals surface area contributed by atoms with Crippen LogP contribution in [0, 0.1) is 13.8 Å². The predicted octanol–water partition coefficient (Wildman–Crippen LogP) is 7.43. The van der Waals surface area contributed by atoms with E-state index in [1.807, 2.05) is 30.3 Å². The number of hydrogen-bond donors (Lipinski definition) is 0. The fourth-order valence-electron chi connectivity index (χ4n) is 3.11. The molecular formula is C26H22O. The molecule has 0 heterocycles. The number of ether oxygens (including phenoxy) is 1. The highest BCUT2D eigenvalue weighted by atomic mass is 16.5. The van der Waals surface area contributed by atoms with Crippen molar-refractivity contribution >= 4 is 0 Å². The Hall–Kier alpha value is -3.32. The molecule has 0 atom stereocenters. The summed E-state index contributed by atoms with van der Waals surface area (Å²) in [5, 5.41) is 0. The van der Waals surface area contributed by atoms with E-state index >= 15 is 0 Å². The third-order valence-corrected chi connectivity index (χ3v) is 4.66. The smallest absolute Gasteiger partial charge is 0.128 e. The van der Waals surface area contributed by atoms with E-state index in [0.717, 1.165) is 22.6 Å². The lowest BCUT2D eigenvalue weighted by Crippen LogP contribution is -1.88. The Morgan fingerprint density at radius 1 is 0.444 bits per heavy atom. The molecule has 0 amide bonds. The van der Waals surface area contributed by atoms with E-state index in [9.17, 15) is 0 Å². The van der Waals surface area contributed by atoms with Crippen LogP contribution in [0.2, 0.25) is 0 Å². The Labute approximate surface area is 160 Å². The molecule has 0 N–H and O–H groups in total. The van der Waals surface area contributed by atoms with Crippen molar-refractivity contribution in [3.05, 3.63) is 108 Å². The Balaban J connectivity index is 1.80.